The van der Waals surface area contributed by atoms with E-state index in [2.05, 4.69) is 46.9 Å². The Morgan fingerprint density at radius 2 is 1.54 bits per heavy atom. The second-order valence-corrected chi connectivity index (χ2v) is 4.80. The molecule has 136 valence electrons. The Labute approximate surface area is 148 Å². The van der Waals surface area contributed by atoms with Gasteiger partial charge in [0, 0.05) is 47.8 Å². The average molecular weight is 335 g/mol. The molecule has 0 heterocycles. The van der Waals surface area contributed by atoms with Gasteiger partial charge in [-0.05, 0) is 0 Å². The molecule has 2 N–H and O–H groups in total. The van der Waals surface area contributed by atoms with Crippen molar-refractivity contribution >= 4 is 11.9 Å². The highest BCUT2D eigenvalue weighted by atomic mass is 15.3. The largest absolute Gasteiger partial charge is 0.359 e. The quantitative estimate of drug-likeness (QED) is 0.403. The first-order chi connectivity index (χ1) is 11.5. The van der Waals surface area contributed by atoms with E-state index < -0.39 is 0 Å². The Balaban J connectivity index is 0. The first-order valence-corrected chi connectivity index (χ1v) is 7.80. The molecule has 0 aliphatic heterocycles. The Morgan fingerprint density at radius 3 is 1.83 bits per heavy atom. The molecule has 0 amide bonds. The van der Waals surface area contributed by atoms with Crippen LogP contribution in [-0.2, 0) is 0 Å². The summed E-state index contributed by atoms with van der Waals surface area (Å²) in [5, 5.41) is 6.12. The summed E-state index contributed by atoms with van der Waals surface area (Å²) in [6.07, 6.45) is 7.23. The zero-order valence-corrected chi connectivity index (χ0v) is 15.8. The maximum Gasteiger partial charge on any atom is 0.195 e. The van der Waals surface area contributed by atoms with Crippen LogP contribution < -0.4 is 10.6 Å². The van der Waals surface area contributed by atoms with Crippen molar-refractivity contribution < 1.29 is 0 Å². The van der Waals surface area contributed by atoms with Crippen molar-refractivity contribution in [2.75, 3.05) is 54.4 Å². The van der Waals surface area contributed by atoms with Gasteiger partial charge in [0.25, 0.3) is 0 Å². The molecule has 0 spiro atoms. The monoisotopic (exact) mass is 334 g/mol. The smallest absolute Gasteiger partial charge is 0.195 e. The molecule has 0 rings (SSSR count). The van der Waals surface area contributed by atoms with Crippen molar-refractivity contribution in [2.24, 2.45) is 9.98 Å². The van der Waals surface area contributed by atoms with Gasteiger partial charge in [0.15, 0.2) is 11.9 Å². The lowest BCUT2D eigenvalue weighted by atomic mass is 10.4. The number of nitrogens with zero attached hydrogens (tertiary/aromatic N) is 4. The lowest BCUT2D eigenvalue weighted by Gasteiger charge is -2.23. The minimum Gasteiger partial charge on any atom is -0.359 e. The molecule has 0 saturated heterocycles. The third-order valence-electron chi connectivity index (χ3n) is 2.63. The van der Waals surface area contributed by atoms with E-state index in [1.54, 1.807) is 19.2 Å². The van der Waals surface area contributed by atoms with Crippen LogP contribution in [0.25, 0.3) is 0 Å². The molecule has 6 heteroatoms. The van der Waals surface area contributed by atoms with Gasteiger partial charge < -0.3 is 20.4 Å². The minimum absolute atomic E-state index is 0.588. The summed E-state index contributed by atoms with van der Waals surface area (Å²) in [5.41, 5.74) is 0. The number of hydrogen-bond acceptors (Lipinski definition) is 2. The van der Waals surface area contributed by atoms with Gasteiger partial charge in [0.2, 0.25) is 0 Å². The lowest BCUT2D eigenvalue weighted by Crippen LogP contribution is -2.41. The molecule has 0 aromatic carbocycles. The van der Waals surface area contributed by atoms with Crippen LogP contribution in [0.2, 0.25) is 0 Å². The Bertz CT molecular complexity index is 413. The van der Waals surface area contributed by atoms with Crippen LogP contribution in [0.15, 0.2) is 60.6 Å². The molecule has 0 aliphatic carbocycles. The lowest BCUT2D eigenvalue weighted by molar-refractivity contribution is 0.491. The van der Waals surface area contributed by atoms with Gasteiger partial charge in [0.1, 0.15) is 0 Å². The summed E-state index contributed by atoms with van der Waals surface area (Å²) in [5.74, 6) is 1.71. The second-order valence-electron chi connectivity index (χ2n) is 4.80. The highest BCUT2D eigenvalue weighted by Gasteiger charge is 2.06. The van der Waals surface area contributed by atoms with Gasteiger partial charge >= 0.3 is 0 Å². The number of aliphatic imine (C=N–C) groups is 2. The molecule has 0 unspecified atom stereocenters. The standard InChI is InChI=1S/C13H21N3.C5H13N3/c1-5-9-14-13(15-10-6-2)16(11-7-3)12-8-4;1-6-5(7-2)8(3)4/h5-8H,1-4,9-12H2,(H,14,15);1-4H3,(H,6,7). The summed E-state index contributed by atoms with van der Waals surface area (Å²) in [7, 11) is 7.49. The molecule has 0 aromatic heterocycles. The van der Waals surface area contributed by atoms with E-state index in [0.717, 1.165) is 25.0 Å². The fourth-order valence-electron chi connectivity index (χ4n) is 1.68. The first kappa shape index (κ1) is 23.8. The van der Waals surface area contributed by atoms with E-state index in [1.165, 1.54) is 0 Å². The van der Waals surface area contributed by atoms with Gasteiger partial charge in [-0.25, -0.2) is 4.99 Å². The highest BCUT2D eigenvalue weighted by Crippen LogP contribution is 1.92. The maximum absolute atomic E-state index is 4.39. The normalized spacial score (nSPS) is 10.7. The van der Waals surface area contributed by atoms with Crippen LogP contribution in [0.1, 0.15) is 0 Å². The van der Waals surface area contributed by atoms with Crippen LogP contribution in [0, 0.1) is 0 Å². The zero-order chi connectivity index (χ0) is 18.8. The van der Waals surface area contributed by atoms with E-state index in [9.17, 15) is 0 Å². The molecule has 0 radical (unpaired) electrons. The molecule has 0 bridgehead atoms. The summed E-state index contributed by atoms with van der Waals surface area (Å²) in [4.78, 5) is 12.3. The summed E-state index contributed by atoms with van der Waals surface area (Å²) >= 11 is 0. The van der Waals surface area contributed by atoms with Crippen molar-refractivity contribution in [2.45, 2.75) is 0 Å². The molecule has 24 heavy (non-hydrogen) atoms. The predicted octanol–water partition coefficient (Wildman–Crippen LogP) is 1.73. The summed E-state index contributed by atoms with van der Waals surface area (Å²) in [6.45, 7) is 17.5. The summed E-state index contributed by atoms with van der Waals surface area (Å²) in [6, 6.07) is 0. The van der Waals surface area contributed by atoms with E-state index in [0.29, 0.717) is 13.1 Å². The Kier molecular flexibility index (Phi) is 16.7. The van der Waals surface area contributed by atoms with Crippen LogP contribution in [0.3, 0.4) is 0 Å². The van der Waals surface area contributed by atoms with Crippen LogP contribution in [0.4, 0.5) is 0 Å². The number of nitrogens with one attached hydrogen (secondary N) is 2. The SMILES string of the molecule is C=CCN=C(NCC=C)N(CC=C)CC=C.CN=C(NC)N(C)C. The van der Waals surface area contributed by atoms with Crippen molar-refractivity contribution in [3.05, 3.63) is 50.6 Å². The van der Waals surface area contributed by atoms with Crippen LogP contribution in [-0.4, -0.2) is 76.1 Å². The van der Waals surface area contributed by atoms with Crippen molar-refractivity contribution in [3.8, 4) is 0 Å². The highest BCUT2D eigenvalue weighted by molar-refractivity contribution is 5.80. The summed E-state index contributed by atoms with van der Waals surface area (Å²) < 4.78 is 0. The second kappa shape index (κ2) is 16.9. The van der Waals surface area contributed by atoms with Crippen LogP contribution >= 0.6 is 0 Å². The van der Waals surface area contributed by atoms with Gasteiger partial charge in [-0.3, -0.25) is 4.99 Å². The molecule has 6 nitrogen and oxygen atoms in total. The fourth-order valence-corrected chi connectivity index (χ4v) is 1.68. The number of rotatable bonds is 8. The fraction of sp³-hybridized carbons (Fsp3) is 0.444. The van der Waals surface area contributed by atoms with Gasteiger partial charge in [-0.1, -0.05) is 24.3 Å². The van der Waals surface area contributed by atoms with E-state index >= 15 is 0 Å². The topological polar surface area (TPSA) is 55.3 Å². The number of hydrogen-bond donors (Lipinski definition) is 2. The van der Waals surface area contributed by atoms with Gasteiger partial charge in [-0.15, -0.1) is 26.3 Å². The molecule has 0 atom stereocenters. The molecule has 0 fully saturated rings. The number of guanidine groups is 2. The van der Waals surface area contributed by atoms with Crippen molar-refractivity contribution in [3.63, 3.8) is 0 Å². The average Bonchev–Trinajstić information content (AvgIpc) is 2.56. The molecular formula is C18H34N6. The molecule has 0 aromatic rings. The maximum atomic E-state index is 4.39. The Hall–Kier alpha value is -2.50. The first-order valence-electron chi connectivity index (χ1n) is 7.80. The minimum atomic E-state index is 0.588. The predicted molar refractivity (Wildman–Crippen MR) is 109 cm³/mol. The van der Waals surface area contributed by atoms with Gasteiger partial charge in [0.05, 0.1) is 6.54 Å². The zero-order valence-electron chi connectivity index (χ0n) is 15.8. The van der Waals surface area contributed by atoms with Crippen LogP contribution in [0.5, 0.6) is 0 Å². The van der Waals surface area contributed by atoms with Crippen molar-refractivity contribution in [1.29, 1.82) is 0 Å². The van der Waals surface area contributed by atoms with E-state index in [4.69, 9.17) is 0 Å². The van der Waals surface area contributed by atoms with Crippen molar-refractivity contribution in [1.82, 2.24) is 20.4 Å². The molecule has 0 saturated carbocycles. The third kappa shape index (κ3) is 12.1. The van der Waals surface area contributed by atoms with E-state index in [-0.39, 0.29) is 0 Å². The molecule has 0 aliphatic rings. The third-order valence-corrected chi connectivity index (χ3v) is 2.63. The Morgan fingerprint density at radius 1 is 0.958 bits per heavy atom. The molecular weight excluding hydrogens is 300 g/mol. The van der Waals surface area contributed by atoms with Gasteiger partial charge in [-0.2, -0.15) is 0 Å². The van der Waals surface area contributed by atoms with E-state index in [1.807, 2.05) is 43.1 Å².